The molecule has 0 bridgehead atoms. The predicted molar refractivity (Wildman–Crippen MR) is 122 cm³/mol. The fourth-order valence-corrected chi connectivity index (χ4v) is 6.97. The number of hydrogen-bond donors (Lipinski definition) is 3. The lowest BCUT2D eigenvalue weighted by atomic mass is 9.55. The third-order valence-corrected chi connectivity index (χ3v) is 8.68. The minimum atomic E-state index is -1.94. The van der Waals surface area contributed by atoms with Crippen molar-refractivity contribution in [2.24, 2.45) is 22.4 Å². The molecule has 0 aliphatic heterocycles. The maximum atomic E-state index is 14.4. The first kappa shape index (κ1) is 24.4. The average molecular weight is 504 g/mol. The van der Waals surface area contributed by atoms with Gasteiger partial charge in [-0.05, 0) is 90.5 Å². The van der Waals surface area contributed by atoms with Crippen LogP contribution in [0.15, 0.2) is 23.3 Å². The van der Waals surface area contributed by atoms with Gasteiger partial charge < -0.3 is 5.11 Å². The Morgan fingerprint density at radius 2 is 1.83 bits per heavy atom. The Labute approximate surface area is 204 Å². The highest BCUT2D eigenvalue weighted by atomic mass is 19.2. The number of carbonyl (C=O) groups is 1. The van der Waals surface area contributed by atoms with Crippen LogP contribution in [-0.2, 0) is 6.42 Å². The number of nitrogens with one attached hydrogen (secondary N) is 2. The molecule has 0 radical (unpaired) electrons. The number of carbonyl (C=O) groups excluding carboxylic acids is 1. The highest BCUT2D eigenvalue weighted by molar-refractivity contribution is 5.95. The lowest BCUT2D eigenvalue weighted by Gasteiger charge is -2.51. The molecule has 5 atom stereocenters. The highest BCUT2D eigenvalue weighted by Gasteiger charge is 2.54. The van der Waals surface area contributed by atoms with E-state index in [0.717, 1.165) is 38.5 Å². The summed E-state index contributed by atoms with van der Waals surface area (Å²) in [4.78, 5) is 14.7. The number of hydrogen-bond acceptors (Lipinski definition) is 4. The summed E-state index contributed by atoms with van der Waals surface area (Å²) >= 11 is 0. The normalized spacial score (nSPS) is 28.5. The van der Waals surface area contributed by atoms with Gasteiger partial charge in [-0.1, -0.05) is 18.1 Å². The Morgan fingerprint density at radius 1 is 1.11 bits per heavy atom. The zero-order valence-corrected chi connectivity index (χ0v) is 19.5. The van der Waals surface area contributed by atoms with Gasteiger partial charge in [-0.3, -0.25) is 10.2 Å². The average Bonchev–Trinajstić information content (AvgIpc) is 3.20. The number of amides is 1. The Hall–Kier alpha value is -3.30. The topological polar surface area (TPSA) is 110 Å². The Bertz CT molecular complexity index is 1270. The van der Waals surface area contributed by atoms with E-state index in [1.54, 1.807) is 6.07 Å². The smallest absolute Gasteiger partial charge is 0.271 e. The molecule has 3 N–H and O–H groups in total. The summed E-state index contributed by atoms with van der Waals surface area (Å²) in [7, 11) is 0. The number of aryl methyl sites for hydroxylation is 1. The largest absolute Gasteiger partial charge is 0.508 e. The van der Waals surface area contributed by atoms with Crippen LogP contribution < -0.4 is 10.9 Å². The third-order valence-electron chi connectivity index (χ3n) is 8.68. The summed E-state index contributed by atoms with van der Waals surface area (Å²) < 4.78 is 57.0. The van der Waals surface area contributed by atoms with Gasteiger partial charge in [-0.2, -0.15) is 0 Å². The molecule has 36 heavy (non-hydrogen) atoms. The molecule has 7 nitrogen and oxygen atoms in total. The summed E-state index contributed by atoms with van der Waals surface area (Å²) in [5.74, 6) is -7.63. The molecular weight excluding hydrogens is 478 g/mol. The van der Waals surface area contributed by atoms with Gasteiger partial charge in [0, 0.05) is 11.0 Å². The Kier molecular flexibility index (Phi) is 6.08. The van der Waals surface area contributed by atoms with E-state index < -0.39 is 40.4 Å². The predicted octanol–water partition coefficient (Wildman–Crippen LogP) is 6.05. The molecule has 190 valence electrons. The lowest BCUT2D eigenvalue weighted by molar-refractivity contribution is 0.0369. The number of benzene rings is 2. The Balaban J connectivity index is 1.33. The van der Waals surface area contributed by atoms with Crippen LogP contribution in [0.25, 0.3) is 10.4 Å². The quantitative estimate of drug-likeness (QED) is 0.118. The summed E-state index contributed by atoms with van der Waals surface area (Å²) in [5, 5.41) is 12.5. The zero-order chi connectivity index (χ0) is 25.8. The molecule has 3 aliphatic rings. The molecule has 11 heteroatoms. The van der Waals surface area contributed by atoms with Gasteiger partial charge >= 0.3 is 0 Å². The van der Waals surface area contributed by atoms with E-state index in [0.29, 0.717) is 17.8 Å². The highest BCUT2D eigenvalue weighted by Crippen LogP contribution is 2.60. The number of aromatic hydroxyl groups is 1. The number of halogens is 4. The van der Waals surface area contributed by atoms with Gasteiger partial charge in [0.2, 0.25) is 0 Å². The standard InChI is InChI=1S/C25H25F4N5O2/c1-25-9-8-14-13-5-3-12(35)10-11(13)2-4-15(14)16(25)6-7-17(25)31-33-24(36)18-19(26)21(28)23(32-34-30)22(29)20(18)27/h3,5,10,14-17,31,35H,2,4,6-9H2,1H3,(H,33,36). The molecule has 0 heterocycles. The zero-order valence-electron chi connectivity index (χ0n) is 19.5. The molecule has 0 aromatic heterocycles. The summed E-state index contributed by atoms with van der Waals surface area (Å²) in [6.45, 7) is 2.15. The Morgan fingerprint density at radius 3 is 2.53 bits per heavy atom. The SMILES string of the molecule is CC12CCC3c4ccc(O)cc4CCC3C1CCC2NNC(=O)c1c(F)c(F)c(N=[N+]=[N-])c(F)c1F. The van der Waals surface area contributed by atoms with Gasteiger partial charge in [-0.25, -0.2) is 23.0 Å². The summed E-state index contributed by atoms with van der Waals surface area (Å²) in [6, 6.07) is 5.39. The maximum Gasteiger partial charge on any atom is 0.271 e. The molecular formula is C25H25F4N5O2. The second-order valence-corrected chi connectivity index (χ2v) is 10.2. The number of phenols is 1. The van der Waals surface area contributed by atoms with E-state index in [2.05, 4.69) is 27.8 Å². The van der Waals surface area contributed by atoms with Crippen molar-refractivity contribution >= 4 is 11.6 Å². The van der Waals surface area contributed by atoms with Crippen LogP contribution in [0.2, 0.25) is 0 Å². The van der Waals surface area contributed by atoms with E-state index in [-0.39, 0.29) is 17.2 Å². The van der Waals surface area contributed by atoms with Crippen LogP contribution in [0.5, 0.6) is 5.75 Å². The molecule has 2 aromatic carbocycles. The second-order valence-electron chi connectivity index (χ2n) is 10.2. The van der Waals surface area contributed by atoms with Crippen LogP contribution in [0.4, 0.5) is 23.2 Å². The fraction of sp³-hybridized carbons (Fsp3) is 0.480. The third kappa shape index (κ3) is 3.69. The molecule has 2 fully saturated rings. The number of rotatable bonds is 4. The van der Waals surface area contributed by atoms with Crippen molar-refractivity contribution in [2.75, 3.05) is 0 Å². The van der Waals surface area contributed by atoms with Gasteiger partial charge in [0.25, 0.3) is 5.91 Å². The number of nitrogens with zero attached hydrogens (tertiary/aromatic N) is 3. The van der Waals surface area contributed by atoms with Crippen LogP contribution >= 0.6 is 0 Å². The van der Waals surface area contributed by atoms with Crippen molar-refractivity contribution in [3.8, 4) is 5.75 Å². The molecule has 1 amide bonds. The van der Waals surface area contributed by atoms with Gasteiger partial charge in [0.05, 0.1) is 0 Å². The van der Waals surface area contributed by atoms with E-state index in [9.17, 15) is 27.5 Å². The monoisotopic (exact) mass is 503 g/mol. The van der Waals surface area contributed by atoms with E-state index >= 15 is 0 Å². The number of phenolic OH excluding ortho intramolecular Hbond substituents is 1. The summed E-state index contributed by atoms with van der Waals surface area (Å²) in [5.41, 5.74) is 12.9. The second kappa shape index (κ2) is 8.97. The van der Waals surface area contributed by atoms with Gasteiger partial charge in [0.1, 0.15) is 17.0 Å². The molecule has 2 aromatic rings. The molecule has 0 saturated heterocycles. The summed E-state index contributed by atoms with van der Waals surface area (Å²) in [6.07, 6.45) is 5.30. The molecule has 0 spiro atoms. The first-order chi connectivity index (χ1) is 17.2. The number of fused-ring (bicyclic) bond motifs is 5. The van der Waals surface area contributed by atoms with Crippen molar-refractivity contribution in [3.05, 3.63) is 68.6 Å². The molecule has 3 aliphatic carbocycles. The molecule has 5 rings (SSSR count). The van der Waals surface area contributed by atoms with Crippen molar-refractivity contribution < 1.29 is 27.5 Å². The van der Waals surface area contributed by atoms with Crippen molar-refractivity contribution in [3.63, 3.8) is 0 Å². The maximum absolute atomic E-state index is 14.4. The van der Waals surface area contributed by atoms with Crippen LogP contribution in [0, 0.1) is 40.5 Å². The van der Waals surface area contributed by atoms with Crippen LogP contribution in [0.3, 0.4) is 0 Å². The van der Waals surface area contributed by atoms with Gasteiger partial charge in [0.15, 0.2) is 23.3 Å². The van der Waals surface area contributed by atoms with Crippen molar-refractivity contribution in [1.82, 2.24) is 10.9 Å². The van der Waals surface area contributed by atoms with Crippen LogP contribution in [0.1, 0.15) is 66.4 Å². The van der Waals surface area contributed by atoms with Crippen LogP contribution in [-0.4, -0.2) is 17.1 Å². The molecule has 2 saturated carbocycles. The number of hydrazine groups is 1. The lowest BCUT2D eigenvalue weighted by Crippen LogP contribution is -2.53. The van der Waals surface area contributed by atoms with Crippen molar-refractivity contribution in [2.45, 2.75) is 57.4 Å². The van der Waals surface area contributed by atoms with E-state index in [1.165, 1.54) is 11.1 Å². The number of azide groups is 1. The minimum absolute atomic E-state index is 0.193. The van der Waals surface area contributed by atoms with E-state index in [4.69, 9.17) is 5.53 Å². The first-order valence-electron chi connectivity index (χ1n) is 12.0. The van der Waals surface area contributed by atoms with Crippen molar-refractivity contribution in [1.29, 1.82) is 0 Å². The first-order valence-corrected chi connectivity index (χ1v) is 12.0. The van der Waals surface area contributed by atoms with E-state index in [1.807, 2.05) is 12.1 Å². The fourth-order valence-electron chi connectivity index (χ4n) is 6.97. The molecule has 5 unspecified atom stereocenters. The van der Waals surface area contributed by atoms with Gasteiger partial charge in [-0.15, -0.1) is 0 Å². The minimum Gasteiger partial charge on any atom is -0.508 e.